The van der Waals surface area contributed by atoms with Crippen molar-refractivity contribution in [2.75, 3.05) is 17.7 Å². The van der Waals surface area contributed by atoms with E-state index in [2.05, 4.69) is 45.9 Å². The number of hydrogen-bond acceptors (Lipinski definition) is 5. The van der Waals surface area contributed by atoms with Gasteiger partial charge in [-0.25, -0.2) is 4.98 Å². The van der Waals surface area contributed by atoms with E-state index in [0.717, 1.165) is 22.5 Å². The topological polar surface area (TPSA) is 49.8 Å². The monoisotopic (exact) mass is 250 g/mol. The summed E-state index contributed by atoms with van der Waals surface area (Å²) in [6.07, 6.45) is 2.31. The molecule has 0 bridgehead atoms. The normalized spacial score (nSPS) is 12.6. The number of rotatable bonds is 5. The van der Waals surface area contributed by atoms with E-state index in [1.165, 1.54) is 6.42 Å². The predicted molar refractivity (Wildman–Crippen MR) is 75.0 cm³/mol. The first-order valence-corrected chi connectivity index (χ1v) is 6.82. The van der Waals surface area contributed by atoms with Crippen LogP contribution >= 0.6 is 11.3 Å². The summed E-state index contributed by atoms with van der Waals surface area (Å²) < 4.78 is 0. The molecule has 0 aromatic carbocycles. The molecule has 0 aliphatic heterocycles. The van der Waals surface area contributed by atoms with Crippen molar-refractivity contribution in [3.63, 3.8) is 0 Å². The van der Waals surface area contributed by atoms with E-state index in [4.69, 9.17) is 0 Å². The Morgan fingerprint density at radius 2 is 2.24 bits per heavy atom. The summed E-state index contributed by atoms with van der Waals surface area (Å²) >= 11 is 1.64. The lowest BCUT2D eigenvalue weighted by molar-refractivity contribution is 0.688. The molecule has 2 N–H and O–H groups in total. The number of nitrogens with zero attached hydrogens (tertiary/aromatic N) is 2. The number of anilines is 2. The molecule has 2 heterocycles. The molecule has 1 unspecified atom stereocenters. The molecule has 0 aliphatic carbocycles. The molecule has 0 spiro atoms. The van der Waals surface area contributed by atoms with Crippen LogP contribution in [0.1, 0.15) is 26.7 Å². The van der Waals surface area contributed by atoms with Crippen LogP contribution in [0.4, 0.5) is 11.8 Å². The van der Waals surface area contributed by atoms with Crippen molar-refractivity contribution in [2.45, 2.75) is 32.7 Å². The Labute approximate surface area is 105 Å². The van der Waals surface area contributed by atoms with Gasteiger partial charge in [-0.15, -0.1) is 11.3 Å². The Morgan fingerprint density at radius 3 is 2.94 bits per heavy atom. The largest absolute Gasteiger partial charge is 0.367 e. The molecule has 0 amide bonds. The van der Waals surface area contributed by atoms with Crippen LogP contribution in [0.5, 0.6) is 0 Å². The Morgan fingerprint density at radius 1 is 1.41 bits per heavy atom. The van der Waals surface area contributed by atoms with E-state index in [-0.39, 0.29) is 0 Å². The van der Waals surface area contributed by atoms with Crippen LogP contribution in [0.15, 0.2) is 11.4 Å². The minimum Gasteiger partial charge on any atom is -0.367 e. The van der Waals surface area contributed by atoms with Gasteiger partial charge >= 0.3 is 0 Å². The summed E-state index contributed by atoms with van der Waals surface area (Å²) in [7, 11) is 1.84. The molecule has 5 heteroatoms. The van der Waals surface area contributed by atoms with E-state index in [0.29, 0.717) is 12.0 Å². The van der Waals surface area contributed by atoms with E-state index >= 15 is 0 Å². The maximum atomic E-state index is 4.49. The van der Waals surface area contributed by atoms with E-state index in [1.807, 2.05) is 7.05 Å². The summed E-state index contributed by atoms with van der Waals surface area (Å²) in [5.74, 6) is 1.60. The number of fused-ring (bicyclic) bond motifs is 1. The highest BCUT2D eigenvalue weighted by atomic mass is 32.1. The summed E-state index contributed by atoms with van der Waals surface area (Å²) in [4.78, 5) is 9.93. The van der Waals surface area contributed by atoms with Crippen LogP contribution in [0.3, 0.4) is 0 Å². The molecule has 1 atom stereocenters. The third-order valence-electron chi connectivity index (χ3n) is 2.65. The lowest BCUT2D eigenvalue weighted by Crippen LogP contribution is -2.16. The van der Waals surface area contributed by atoms with Gasteiger partial charge in [0.2, 0.25) is 5.95 Å². The molecule has 0 fully saturated rings. The third-order valence-corrected chi connectivity index (χ3v) is 3.46. The Balaban J connectivity index is 2.33. The van der Waals surface area contributed by atoms with Crippen LogP contribution in [0, 0.1) is 0 Å². The van der Waals surface area contributed by atoms with Gasteiger partial charge in [0.25, 0.3) is 0 Å². The number of hydrogen-bond donors (Lipinski definition) is 2. The third kappa shape index (κ3) is 2.66. The van der Waals surface area contributed by atoms with Gasteiger partial charge in [0.05, 0.1) is 5.39 Å². The Bertz CT molecular complexity index is 494. The molecule has 2 aromatic rings. The average molecular weight is 250 g/mol. The molecule has 0 aliphatic rings. The minimum absolute atomic E-state index is 0.433. The zero-order valence-corrected chi connectivity index (χ0v) is 11.3. The average Bonchev–Trinajstić information content (AvgIpc) is 2.77. The van der Waals surface area contributed by atoms with Crippen LogP contribution in [0.2, 0.25) is 0 Å². The second-order valence-electron chi connectivity index (χ2n) is 4.12. The zero-order valence-electron chi connectivity index (χ0n) is 10.4. The maximum Gasteiger partial charge on any atom is 0.225 e. The van der Waals surface area contributed by atoms with Crippen LogP contribution in [-0.2, 0) is 0 Å². The molecule has 2 aromatic heterocycles. The fourth-order valence-corrected chi connectivity index (χ4v) is 2.58. The summed E-state index contributed by atoms with van der Waals surface area (Å²) in [5.41, 5.74) is 0. The Kier molecular flexibility index (Phi) is 3.78. The first-order chi connectivity index (χ1) is 8.24. The lowest BCUT2D eigenvalue weighted by atomic mass is 10.2. The van der Waals surface area contributed by atoms with Crippen molar-refractivity contribution in [1.29, 1.82) is 0 Å². The summed E-state index contributed by atoms with van der Waals surface area (Å²) in [6, 6.07) is 2.50. The highest BCUT2D eigenvalue weighted by Gasteiger charge is 2.10. The van der Waals surface area contributed by atoms with Crippen molar-refractivity contribution < 1.29 is 0 Å². The van der Waals surface area contributed by atoms with Gasteiger partial charge in [0.1, 0.15) is 10.6 Å². The molecule has 92 valence electrons. The standard InChI is InChI=1S/C12H18N4S/c1-4-5-8(2)14-10-9-6-7-17-11(9)16-12(13-3)15-10/h6-8H,4-5H2,1-3H3,(H2,13,14,15,16). The number of thiophene rings is 1. The summed E-state index contributed by atoms with van der Waals surface area (Å²) in [6.45, 7) is 4.38. The van der Waals surface area contributed by atoms with Crippen molar-refractivity contribution in [2.24, 2.45) is 0 Å². The van der Waals surface area contributed by atoms with Gasteiger partial charge in [-0.3, -0.25) is 0 Å². The zero-order chi connectivity index (χ0) is 12.3. The van der Waals surface area contributed by atoms with Crippen molar-refractivity contribution >= 4 is 33.3 Å². The molecular weight excluding hydrogens is 232 g/mol. The molecule has 17 heavy (non-hydrogen) atoms. The fourth-order valence-electron chi connectivity index (χ4n) is 1.82. The Hall–Kier alpha value is -1.36. The quantitative estimate of drug-likeness (QED) is 0.854. The molecule has 2 rings (SSSR count). The van der Waals surface area contributed by atoms with Gasteiger partial charge in [-0.1, -0.05) is 13.3 Å². The van der Waals surface area contributed by atoms with E-state index in [1.54, 1.807) is 11.3 Å². The van der Waals surface area contributed by atoms with Gasteiger partial charge < -0.3 is 10.6 Å². The van der Waals surface area contributed by atoms with E-state index in [9.17, 15) is 0 Å². The molecule has 0 radical (unpaired) electrons. The second kappa shape index (κ2) is 5.31. The first-order valence-electron chi connectivity index (χ1n) is 5.94. The first kappa shape index (κ1) is 12.1. The highest BCUT2D eigenvalue weighted by molar-refractivity contribution is 7.16. The second-order valence-corrected chi connectivity index (χ2v) is 5.01. The minimum atomic E-state index is 0.433. The van der Waals surface area contributed by atoms with Gasteiger partial charge in [0.15, 0.2) is 0 Å². The molecule has 0 saturated heterocycles. The fraction of sp³-hybridized carbons (Fsp3) is 0.500. The molecule has 4 nitrogen and oxygen atoms in total. The van der Waals surface area contributed by atoms with Crippen LogP contribution in [-0.4, -0.2) is 23.1 Å². The number of nitrogens with one attached hydrogen (secondary N) is 2. The maximum absolute atomic E-state index is 4.49. The van der Waals surface area contributed by atoms with E-state index < -0.39 is 0 Å². The van der Waals surface area contributed by atoms with Gasteiger partial charge in [0, 0.05) is 13.1 Å². The smallest absolute Gasteiger partial charge is 0.225 e. The lowest BCUT2D eigenvalue weighted by Gasteiger charge is -2.14. The van der Waals surface area contributed by atoms with Crippen LogP contribution < -0.4 is 10.6 Å². The number of aromatic nitrogens is 2. The van der Waals surface area contributed by atoms with Crippen molar-refractivity contribution in [1.82, 2.24) is 9.97 Å². The highest BCUT2D eigenvalue weighted by Crippen LogP contribution is 2.27. The SMILES string of the molecule is CCCC(C)Nc1nc(NC)nc2sccc12. The van der Waals surface area contributed by atoms with Crippen molar-refractivity contribution in [3.05, 3.63) is 11.4 Å². The van der Waals surface area contributed by atoms with Gasteiger partial charge in [-0.2, -0.15) is 4.98 Å². The van der Waals surface area contributed by atoms with Gasteiger partial charge in [-0.05, 0) is 24.8 Å². The molecule has 0 saturated carbocycles. The van der Waals surface area contributed by atoms with Crippen molar-refractivity contribution in [3.8, 4) is 0 Å². The van der Waals surface area contributed by atoms with Crippen LogP contribution in [0.25, 0.3) is 10.2 Å². The summed E-state index contributed by atoms with van der Waals surface area (Å²) in [5, 5.41) is 9.62. The molecular formula is C12H18N4S. The predicted octanol–water partition coefficient (Wildman–Crippen LogP) is 3.33.